The third-order valence-electron chi connectivity index (χ3n) is 2.67. The molecule has 0 fully saturated rings. The van der Waals surface area contributed by atoms with Crippen LogP contribution in [0.15, 0.2) is 24.4 Å². The van der Waals surface area contributed by atoms with Gasteiger partial charge in [0.15, 0.2) is 0 Å². The van der Waals surface area contributed by atoms with E-state index < -0.39 is 24.8 Å². The number of rotatable bonds is 5. The monoisotopic (exact) mass is 261 g/mol. The maximum Gasteiger partial charge on any atom is 0.401 e. The van der Waals surface area contributed by atoms with Gasteiger partial charge in [-0.2, -0.15) is 13.2 Å². The fourth-order valence-corrected chi connectivity index (χ4v) is 1.98. The Kier molecular flexibility index (Phi) is 5.10. The van der Waals surface area contributed by atoms with Gasteiger partial charge in [-0.1, -0.05) is 13.0 Å². The Balaban J connectivity index is 2.96. The zero-order valence-corrected chi connectivity index (χ0v) is 10.5. The van der Waals surface area contributed by atoms with Crippen LogP contribution in [-0.4, -0.2) is 35.2 Å². The van der Waals surface area contributed by atoms with Crippen LogP contribution >= 0.6 is 0 Å². The summed E-state index contributed by atoms with van der Waals surface area (Å²) in [6.45, 7) is 2.66. The lowest BCUT2D eigenvalue weighted by molar-refractivity contribution is -0.151. The van der Waals surface area contributed by atoms with Crippen molar-refractivity contribution in [1.82, 2.24) is 9.88 Å². The van der Waals surface area contributed by atoms with Gasteiger partial charge in [-0.25, -0.2) is 0 Å². The first-order valence-electron chi connectivity index (χ1n) is 5.82. The Morgan fingerprint density at radius 1 is 1.39 bits per heavy atom. The molecule has 1 heterocycles. The number of nitrogens with two attached hydrogens (primary N) is 1. The number of hydrogen-bond acceptors (Lipinski definition) is 3. The molecule has 0 aliphatic rings. The molecule has 102 valence electrons. The summed E-state index contributed by atoms with van der Waals surface area (Å²) < 4.78 is 37.6. The van der Waals surface area contributed by atoms with E-state index in [4.69, 9.17) is 5.73 Å². The van der Waals surface area contributed by atoms with Gasteiger partial charge in [0, 0.05) is 12.2 Å². The Bertz CT molecular complexity index is 351. The lowest BCUT2D eigenvalue weighted by Crippen LogP contribution is -2.44. The molecule has 0 bridgehead atoms. The van der Waals surface area contributed by atoms with Crippen LogP contribution in [0.4, 0.5) is 13.2 Å². The molecule has 18 heavy (non-hydrogen) atoms. The van der Waals surface area contributed by atoms with Crippen molar-refractivity contribution in [3.05, 3.63) is 30.1 Å². The number of aromatic nitrogens is 1. The van der Waals surface area contributed by atoms with Gasteiger partial charge in [0.1, 0.15) is 0 Å². The number of alkyl halides is 3. The van der Waals surface area contributed by atoms with Crippen molar-refractivity contribution in [1.29, 1.82) is 0 Å². The molecule has 2 atom stereocenters. The van der Waals surface area contributed by atoms with Crippen molar-refractivity contribution in [2.75, 3.05) is 13.1 Å². The third-order valence-corrected chi connectivity index (χ3v) is 2.67. The van der Waals surface area contributed by atoms with E-state index in [0.717, 1.165) is 0 Å². The predicted octanol–water partition coefficient (Wildman–Crippen LogP) is 2.35. The normalized spacial score (nSPS) is 15.7. The Morgan fingerprint density at radius 2 is 2.06 bits per heavy atom. The van der Waals surface area contributed by atoms with E-state index in [-0.39, 0.29) is 6.54 Å². The maximum atomic E-state index is 12.5. The molecular formula is C12H18F3N3. The van der Waals surface area contributed by atoms with E-state index in [1.807, 2.05) is 0 Å². The highest BCUT2D eigenvalue weighted by Gasteiger charge is 2.35. The van der Waals surface area contributed by atoms with Gasteiger partial charge in [0.2, 0.25) is 0 Å². The minimum Gasteiger partial charge on any atom is -0.326 e. The summed E-state index contributed by atoms with van der Waals surface area (Å²) in [5.74, 6) is 0. The van der Waals surface area contributed by atoms with Crippen LogP contribution < -0.4 is 5.73 Å². The minimum atomic E-state index is -4.24. The van der Waals surface area contributed by atoms with Gasteiger partial charge in [0.25, 0.3) is 0 Å². The summed E-state index contributed by atoms with van der Waals surface area (Å²) in [5.41, 5.74) is 6.38. The average Bonchev–Trinajstić information content (AvgIpc) is 2.27. The number of nitrogens with zero attached hydrogens (tertiary/aromatic N) is 2. The number of halogens is 3. The molecule has 6 heteroatoms. The summed E-state index contributed by atoms with van der Waals surface area (Å²) in [7, 11) is 0. The molecule has 3 nitrogen and oxygen atoms in total. The van der Waals surface area contributed by atoms with Crippen LogP contribution in [0.3, 0.4) is 0 Å². The fourth-order valence-electron chi connectivity index (χ4n) is 1.98. The van der Waals surface area contributed by atoms with Crippen LogP contribution in [0.25, 0.3) is 0 Å². The topological polar surface area (TPSA) is 42.2 Å². The molecule has 0 amide bonds. The van der Waals surface area contributed by atoms with Crippen LogP contribution in [0.2, 0.25) is 0 Å². The third kappa shape index (κ3) is 4.27. The van der Waals surface area contributed by atoms with Gasteiger partial charge in [-0.3, -0.25) is 9.88 Å². The van der Waals surface area contributed by atoms with Gasteiger partial charge in [-0.15, -0.1) is 0 Å². The van der Waals surface area contributed by atoms with Crippen LogP contribution in [0, 0.1) is 0 Å². The van der Waals surface area contributed by atoms with Crippen LogP contribution in [0.5, 0.6) is 0 Å². The summed E-state index contributed by atoms with van der Waals surface area (Å²) in [6, 6.07) is 4.22. The smallest absolute Gasteiger partial charge is 0.326 e. The van der Waals surface area contributed by atoms with E-state index in [1.165, 1.54) is 4.90 Å². The second kappa shape index (κ2) is 6.15. The molecular weight excluding hydrogens is 243 g/mol. The zero-order chi connectivity index (χ0) is 13.8. The summed E-state index contributed by atoms with van der Waals surface area (Å²) in [6.07, 6.45) is -2.68. The zero-order valence-electron chi connectivity index (χ0n) is 10.5. The molecule has 0 aromatic carbocycles. The van der Waals surface area contributed by atoms with Crippen LogP contribution in [-0.2, 0) is 0 Å². The molecule has 1 aromatic rings. The summed E-state index contributed by atoms with van der Waals surface area (Å²) >= 11 is 0. The van der Waals surface area contributed by atoms with Crippen molar-refractivity contribution < 1.29 is 13.2 Å². The summed E-state index contributed by atoms with van der Waals surface area (Å²) in [4.78, 5) is 5.41. The molecule has 0 radical (unpaired) electrons. The van der Waals surface area contributed by atoms with E-state index in [1.54, 1.807) is 38.2 Å². The van der Waals surface area contributed by atoms with Crippen molar-refractivity contribution >= 4 is 0 Å². The van der Waals surface area contributed by atoms with Gasteiger partial charge >= 0.3 is 6.18 Å². The van der Waals surface area contributed by atoms with Gasteiger partial charge in [0.05, 0.1) is 18.3 Å². The number of likely N-dealkylation sites (N-methyl/N-ethyl adjacent to an activating group) is 1. The Morgan fingerprint density at radius 3 is 2.44 bits per heavy atom. The highest BCUT2D eigenvalue weighted by molar-refractivity contribution is 5.11. The van der Waals surface area contributed by atoms with Crippen molar-refractivity contribution in [3.63, 3.8) is 0 Å². The second-order valence-electron chi connectivity index (χ2n) is 4.24. The first kappa shape index (κ1) is 14.9. The highest BCUT2D eigenvalue weighted by Crippen LogP contribution is 2.26. The summed E-state index contributed by atoms with van der Waals surface area (Å²) in [5, 5.41) is 0. The molecule has 2 unspecified atom stereocenters. The van der Waals surface area contributed by atoms with E-state index >= 15 is 0 Å². The van der Waals surface area contributed by atoms with Crippen molar-refractivity contribution in [2.45, 2.75) is 32.1 Å². The predicted molar refractivity (Wildman–Crippen MR) is 63.9 cm³/mol. The lowest BCUT2D eigenvalue weighted by Gasteiger charge is -2.33. The second-order valence-corrected chi connectivity index (χ2v) is 4.24. The largest absolute Gasteiger partial charge is 0.401 e. The lowest BCUT2D eigenvalue weighted by atomic mass is 10.0. The first-order valence-corrected chi connectivity index (χ1v) is 5.82. The average molecular weight is 261 g/mol. The molecule has 0 saturated heterocycles. The fraction of sp³-hybridized carbons (Fsp3) is 0.583. The Hall–Kier alpha value is -1.14. The standard InChI is InChI=1S/C12H18F3N3/c1-3-18(8-12(13,14)15)11(9(2)16)10-6-4-5-7-17-10/h4-7,9,11H,3,8,16H2,1-2H3. The minimum absolute atomic E-state index is 0.266. The van der Waals surface area contributed by atoms with Gasteiger partial charge in [-0.05, 0) is 25.6 Å². The SMILES string of the molecule is CCN(CC(F)(F)F)C(c1ccccn1)C(C)N. The number of pyridine rings is 1. The molecule has 1 rings (SSSR count). The maximum absolute atomic E-state index is 12.5. The van der Waals surface area contributed by atoms with Gasteiger partial charge < -0.3 is 5.73 Å². The van der Waals surface area contributed by atoms with E-state index in [0.29, 0.717) is 5.69 Å². The molecule has 0 saturated carbocycles. The molecule has 1 aromatic heterocycles. The Labute approximate surface area is 105 Å². The quantitative estimate of drug-likeness (QED) is 0.884. The molecule has 0 aliphatic carbocycles. The van der Waals surface area contributed by atoms with E-state index in [2.05, 4.69) is 4.98 Å². The highest BCUT2D eigenvalue weighted by atomic mass is 19.4. The molecule has 0 aliphatic heterocycles. The molecule has 2 N–H and O–H groups in total. The van der Waals surface area contributed by atoms with Crippen LogP contribution in [0.1, 0.15) is 25.6 Å². The van der Waals surface area contributed by atoms with E-state index in [9.17, 15) is 13.2 Å². The van der Waals surface area contributed by atoms with Crippen molar-refractivity contribution in [3.8, 4) is 0 Å². The number of hydrogen-bond donors (Lipinski definition) is 1. The first-order chi connectivity index (χ1) is 8.35. The molecule has 0 spiro atoms. The van der Waals surface area contributed by atoms with Crippen molar-refractivity contribution in [2.24, 2.45) is 5.73 Å².